The number of carbonyl (C=O) groups excluding carboxylic acids is 1. The predicted molar refractivity (Wildman–Crippen MR) is 92.6 cm³/mol. The molecule has 132 valence electrons. The summed E-state index contributed by atoms with van der Waals surface area (Å²) in [5.74, 6) is 0.672. The fourth-order valence-corrected chi connectivity index (χ4v) is 2.96. The van der Waals surface area contributed by atoms with E-state index < -0.39 is 0 Å². The summed E-state index contributed by atoms with van der Waals surface area (Å²) in [6, 6.07) is 8.43. The predicted octanol–water partition coefficient (Wildman–Crippen LogP) is 2.98. The van der Waals surface area contributed by atoms with Crippen LogP contribution in [0.1, 0.15) is 43.7 Å². The van der Waals surface area contributed by atoms with Crippen molar-refractivity contribution in [2.75, 3.05) is 13.2 Å². The largest absolute Gasteiger partial charge is 0.381 e. The quantitative estimate of drug-likeness (QED) is 0.807. The van der Waals surface area contributed by atoms with Gasteiger partial charge in [-0.25, -0.2) is 4.79 Å². The second kappa shape index (κ2) is 8.49. The summed E-state index contributed by atoms with van der Waals surface area (Å²) in [5, 5.41) is 5.92. The molecule has 0 radical (unpaired) electrons. The lowest BCUT2D eigenvalue weighted by atomic mass is 10.1. The van der Waals surface area contributed by atoms with Crippen LogP contribution in [0, 0.1) is 5.92 Å². The molecule has 5 heteroatoms. The monoisotopic (exact) mass is 332 g/mol. The molecule has 2 N–H and O–H groups in total. The van der Waals surface area contributed by atoms with Crippen LogP contribution in [0.3, 0.4) is 0 Å². The van der Waals surface area contributed by atoms with Crippen molar-refractivity contribution in [2.45, 2.75) is 57.9 Å². The first-order valence-corrected chi connectivity index (χ1v) is 9.02. The van der Waals surface area contributed by atoms with Crippen molar-refractivity contribution < 1.29 is 14.3 Å². The summed E-state index contributed by atoms with van der Waals surface area (Å²) in [5.41, 5.74) is 2.26. The van der Waals surface area contributed by atoms with Crippen molar-refractivity contribution >= 4 is 6.03 Å². The minimum absolute atomic E-state index is 0.0821. The van der Waals surface area contributed by atoms with Crippen LogP contribution in [0.5, 0.6) is 0 Å². The van der Waals surface area contributed by atoms with E-state index in [0.717, 1.165) is 37.2 Å². The van der Waals surface area contributed by atoms with Gasteiger partial charge in [-0.2, -0.15) is 0 Å². The number of carbonyl (C=O) groups is 1. The molecule has 1 aliphatic carbocycles. The molecule has 2 fully saturated rings. The Hall–Kier alpha value is -1.59. The van der Waals surface area contributed by atoms with Gasteiger partial charge in [0.15, 0.2) is 0 Å². The standard InChI is InChI=1S/C19H28N2O3/c1-14(17-6-7-17)21-19(22)20-12-15-2-4-16(5-3-15)13-24-18-8-10-23-11-9-18/h2-5,14,17-18H,6-13H2,1H3,(H2,20,21,22). The first kappa shape index (κ1) is 17.2. The molecule has 1 heterocycles. The number of nitrogens with one attached hydrogen (secondary N) is 2. The molecule has 3 rings (SSSR count). The highest BCUT2D eigenvalue weighted by atomic mass is 16.5. The molecule has 2 aliphatic rings. The number of hydrogen-bond donors (Lipinski definition) is 2. The number of amides is 2. The van der Waals surface area contributed by atoms with Gasteiger partial charge in [-0.15, -0.1) is 0 Å². The Labute approximate surface area is 144 Å². The molecule has 1 aromatic rings. The fourth-order valence-electron chi connectivity index (χ4n) is 2.96. The van der Waals surface area contributed by atoms with Crippen LogP contribution in [0.4, 0.5) is 4.79 Å². The minimum atomic E-state index is -0.0821. The van der Waals surface area contributed by atoms with Crippen molar-refractivity contribution in [1.29, 1.82) is 0 Å². The Balaban J connectivity index is 1.36. The molecule has 1 unspecified atom stereocenters. The van der Waals surface area contributed by atoms with Gasteiger partial charge in [0.25, 0.3) is 0 Å². The van der Waals surface area contributed by atoms with Crippen molar-refractivity contribution in [3.05, 3.63) is 35.4 Å². The molecule has 2 amide bonds. The van der Waals surface area contributed by atoms with Crippen LogP contribution in [-0.4, -0.2) is 31.4 Å². The van der Waals surface area contributed by atoms with Gasteiger partial charge in [0.05, 0.1) is 12.7 Å². The summed E-state index contributed by atoms with van der Waals surface area (Å²) in [6.07, 6.45) is 4.75. The van der Waals surface area contributed by atoms with E-state index >= 15 is 0 Å². The summed E-state index contributed by atoms with van der Waals surface area (Å²) in [4.78, 5) is 11.9. The van der Waals surface area contributed by atoms with E-state index in [0.29, 0.717) is 25.2 Å². The van der Waals surface area contributed by atoms with E-state index in [4.69, 9.17) is 9.47 Å². The van der Waals surface area contributed by atoms with Gasteiger partial charge in [-0.1, -0.05) is 24.3 Å². The zero-order valence-electron chi connectivity index (χ0n) is 14.4. The number of hydrogen-bond acceptors (Lipinski definition) is 3. The molecule has 24 heavy (non-hydrogen) atoms. The molecule has 5 nitrogen and oxygen atoms in total. The molecule has 0 spiro atoms. The second-order valence-corrected chi connectivity index (χ2v) is 6.89. The van der Waals surface area contributed by atoms with Crippen LogP contribution in [0.15, 0.2) is 24.3 Å². The molecule has 1 aromatic carbocycles. The highest BCUT2D eigenvalue weighted by Gasteiger charge is 2.28. The fraction of sp³-hybridized carbons (Fsp3) is 0.632. The Morgan fingerprint density at radius 1 is 1.17 bits per heavy atom. The van der Waals surface area contributed by atoms with Gasteiger partial charge in [-0.3, -0.25) is 0 Å². The number of benzene rings is 1. The van der Waals surface area contributed by atoms with E-state index in [2.05, 4.69) is 29.7 Å². The lowest BCUT2D eigenvalue weighted by Crippen LogP contribution is -2.41. The Morgan fingerprint density at radius 3 is 2.50 bits per heavy atom. The maximum atomic E-state index is 11.9. The van der Waals surface area contributed by atoms with Gasteiger partial charge in [0.2, 0.25) is 0 Å². The molecular weight excluding hydrogens is 304 g/mol. The van der Waals surface area contributed by atoms with Crippen LogP contribution in [0.2, 0.25) is 0 Å². The molecule has 1 atom stereocenters. The topological polar surface area (TPSA) is 59.6 Å². The SMILES string of the molecule is CC(NC(=O)NCc1ccc(COC2CCOCC2)cc1)C1CC1. The van der Waals surface area contributed by atoms with E-state index in [9.17, 15) is 4.79 Å². The number of urea groups is 1. The molecule has 0 aromatic heterocycles. The lowest BCUT2D eigenvalue weighted by Gasteiger charge is -2.22. The van der Waals surface area contributed by atoms with Crippen LogP contribution < -0.4 is 10.6 Å². The van der Waals surface area contributed by atoms with Crippen LogP contribution in [-0.2, 0) is 22.6 Å². The third kappa shape index (κ3) is 5.49. The van der Waals surface area contributed by atoms with E-state index in [1.165, 1.54) is 12.8 Å². The number of ether oxygens (including phenoxy) is 2. The van der Waals surface area contributed by atoms with Crippen molar-refractivity contribution in [3.8, 4) is 0 Å². The van der Waals surface area contributed by atoms with Crippen molar-refractivity contribution in [1.82, 2.24) is 10.6 Å². The van der Waals surface area contributed by atoms with E-state index in [1.807, 2.05) is 12.1 Å². The van der Waals surface area contributed by atoms with E-state index in [1.54, 1.807) is 0 Å². The smallest absolute Gasteiger partial charge is 0.315 e. The zero-order valence-corrected chi connectivity index (χ0v) is 14.4. The van der Waals surface area contributed by atoms with Crippen LogP contribution >= 0.6 is 0 Å². The summed E-state index contributed by atoms with van der Waals surface area (Å²) < 4.78 is 11.3. The molecule has 1 aliphatic heterocycles. The Kier molecular flexibility index (Phi) is 6.10. The molecule has 1 saturated heterocycles. The third-order valence-electron chi connectivity index (χ3n) is 4.82. The average Bonchev–Trinajstić information content (AvgIpc) is 3.45. The molecule has 1 saturated carbocycles. The minimum Gasteiger partial charge on any atom is -0.381 e. The number of rotatable bonds is 7. The highest BCUT2D eigenvalue weighted by Crippen LogP contribution is 2.32. The second-order valence-electron chi connectivity index (χ2n) is 6.89. The summed E-state index contributed by atoms with van der Waals surface area (Å²) in [7, 11) is 0. The van der Waals surface area contributed by atoms with Gasteiger partial charge >= 0.3 is 6.03 Å². The normalized spacial score (nSPS) is 19.7. The zero-order chi connectivity index (χ0) is 16.8. The van der Waals surface area contributed by atoms with Gasteiger partial charge < -0.3 is 20.1 Å². The lowest BCUT2D eigenvalue weighted by molar-refractivity contribution is -0.0390. The average molecular weight is 332 g/mol. The van der Waals surface area contributed by atoms with E-state index in [-0.39, 0.29) is 12.1 Å². The van der Waals surface area contributed by atoms with Crippen molar-refractivity contribution in [3.63, 3.8) is 0 Å². The summed E-state index contributed by atoms with van der Waals surface area (Å²) in [6.45, 7) is 4.86. The van der Waals surface area contributed by atoms with Crippen molar-refractivity contribution in [2.24, 2.45) is 5.92 Å². The summed E-state index contributed by atoms with van der Waals surface area (Å²) >= 11 is 0. The maximum Gasteiger partial charge on any atom is 0.315 e. The highest BCUT2D eigenvalue weighted by molar-refractivity contribution is 5.74. The van der Waals surface area contributed by atoms with Gasteiger partial charge in [0, 0.05) is 25.8 Å². The molecule has 0 bridgehead atoms. The van der Waals surface area contributed by atoms with Gasteiger partial charge in [0.1, 0.15) is 0 Å². The Bertz CT molecular complexity index is 522. The maximum absolute atomic E-state index is 11.9. The first-order valence-electron chi connectivity index (χ1n) is 9.02. The first-order chi connectivity index (χ1) is 11.7. The molecular formula is C19H28N2O3. The van der Waals surface area contributed by atoms with Crippen LogP contribution in [0.25, 0.3) is 0 Å². The Morgan fingerprint density at radius 2 is 1.83 bits per heavy atom. The third-order valence-corrected chi connectivity index (χ3v) is 4.82. The van der Waals surface area contributed by atoms with Gasteiger partial charge in [-0.05, 0) is 49.7 Å².